The molecule has 1 aliphatic heterocycles. The molecule has 0 saturated carbocycles. The summed E-state index contributed by atoms with van der Waals surface area (Å²) in [5.41, 5.74) is 2.05. The highest BCUT2D eigenvalue weighted by Gasteiger charge is 2.33. The highest BCUT2D eigenvalue weighted by molar-refractivity contribution is 9.10. The van der Waals surface area contributed by atoms with Crippen molar-refractivity contribution >= 4 is 26.0 Å². The summed E-state index contributed by atoms with van der Waals surface area (Å²) in [7, 11) is -3.55. The molecule has 1 saturated heterocycles. The van der Waals surface area contributed by atoms with Crippen LogP contribution in [-0.2, 0) is 10.0 Å². The number of aromatic nitrogens is 2. The van der Waals surface area contributed by atoms with Crippen molar-refractivity contribution < 1.29 is 12.9 Å². The van der Waals surface area contributed by atoms with Crippen molar-refractivity contribution in [2.24, 2.45) is 0 Å². The van der Waals surface area contributed by atoms with Gasteiger partial charge in [-0.15, -0.1) is 0 Å². The number of hydrogen-bond acceptors (Lipinski definition) is 5. The maximum Gasteiger partial charge on any atom is 0.243 e. The van der Waals surface area contributed by atoms with Crippen LogP contribution in [0.2, 0.25) is 0 Å². The number of piperidine rings is 1. The first kappa shape index (κ1) is 19.3. The zero-order chi connectivity index (χ0) is 19.7. The molecule has 0 aliphatic carbocycles. The van der Waals surface area contributed by atoms with Gasteiger partial charge in [0.2, 0.25) is 21.7 Å². The van der Waals surface area contributed by atoms with Crippen molar-refractivity contribution in [1.82, 2.24) is 14.4 Å². The predicted octanol–water partition coefficient (Wildman–Crippen LogP) is 4.38. The lowest BCUT2D eigenvalue weighted by Gasteiger charge is -2.30. The van der Waals surface area contributed by atoms with Gasteiger partial charge >= 0.3 is 0 Å². The van der Waals surface area contributed by atoms with Gasteiger partial charge in [0.25, 0.3) is 0 Å². The maximum atomic E-state index is 13.0. The summed E-state index contributed by atoms with van der Waals surface area (Å²) in [6.45, 7) is 2.86. The first-order chi connectivity index (χ1) is 13.4. The van der Waals surface area contributed by atoms with Crippen LogP contribution in [0.25, 0.3) is 11.4 Å². The van der Waals surface area contributed by atoms with E-state index < -0.39 is 10.0 Å². The number of hydrogen-bond donors (Lipinski definition) is 0. The fraction of sp³-hybridized carbons (Fsp3) is 0.300. The van der Waals surface area contributed by atoms with Gasteiger partial charge in [0, 0.05) is 23.1 Å². The lowest BCUT2D eigenvalue weighted by Crippen LogP contribution is -2.39. The van der Waals surface area contributed by atoms with Gasteiger partial charge in [0.15, 0.2) is 0 Å². The number of benzene rings is 2. The van der Waals surface area contributed by atoms with Crippen molar-refractivity contribution in [2.45, 2.75) is 30.6 Å². The van der Waals surface area contributed by atoms with Crippen molar-refractivity contribution in [3.05, 3.63) is 64.5 Å². The van der Waals surface area contributed by atoms with Gasteiger partial charge in [0.05, 0.1) is 10.8 Å². The molecular weight excluding hydrogens is 442 g/mol. The third-order valence-electron chi connectivity index (χ3n) is 4.94. The van der Waals surface area contributed by atoms with E-state index >= 15 is 0 Å². The van der Waals surface area contributed by atoms with Crippen LogP contribution in [-0.4, -0.2) is 36.0 Å². The second-order valence-corrected chi connectivity index (χ2v) is 9.83. The summed E-state index contributed by atoms with van der Waals surface area (Å²) >= 11 is 3.34. The lowest BCUT2D eigenvalue weighted by atomic mass is 10.00. The first-order valence-electron chi connectivity index (χ1n) is 9.10. The van der Waals surface area contributed by atoms with Crippen LogP contribution in [0.3, 0.4) is 0 Å². The molecule has 0 amide bonds. The molecule has 8 heteroatoms. The second kappa shape index (κ2) is 7.77. The molecule has 1 unspecified atom stereocenters. The molecule has 0 spiro atoms. The van der Waals surface area contributed by atoms with Crippen molar-refractivity contribution in [3.8, 4) is 11.4 Å². The summed E-state index contributed by atoms with van der Waals surface area (Å²) in [6, 6.07) is 14.6. The van der Waals surface area contributed by atoms with E-state index in [0.717, 1.165) is 28.4 Å². The molecule has 146 valence electrons. The zero-order valence-corrected chi connectivity index (χ0v) is 17.8. The third-order valence-corrected chi connectivity index (χ3v) is 7.34. The molecule has 3 aromatic rings. The van der Waals surface area contributed by atoms with Gasteiger partial charge in [-0.2, -0.15) is 9.29 Å². The SMILES string of the molecule is Cc1ccc(-c2noc(C3CCCN(S(=O)(=O)c4ccc(Br)cc4)C3)n2)cc1. The largest absolute Gasteiger partial charge is 0.339 e. The van der Waals surface area contributed by atoms with E-state index in [1.165, 1.54) is 4.31 Å². The quantitative estimate of drug-likeness (QED) is 0.576. The molecule has 6 nitrogen and oxygen atoms in total. The van der Waals surface area contributed by atoms with Gasteiger partial charge in [0.1, 0.15) is 0 Å². The molecule has 4 rings (SSSR count). The Labute approximate surface area is 172 Å². The molecule has 1 aromatic heterocycles. The number of aryl methyl sites for hydroxylation is 1. The summed E-state index contributed by atoms with van der Waals surface area (Å²) in [6.07, 6.45) is 1.57. The van der Waals surface area contributed by atoms with Crippen LogP contribution in [0.15, 0.2) is 62.4 Å². The Balaban J connectivity index is 1.54. The Morgan fingerprint density at radius 2 is 1.82 bits per heavy atom. The highest BCUT2D eigenvalue weighted by Crippen LogP contribution is 2.31. The summed E-state index contributed by atoms with van der Waals surface area (Å²) in [4.78, 5) is 4.82. The van der Waals surface area contributed by atoms with Crippen LogP contribution in [0.1, 0.15) is 30.2 Å². The van der Waals surface area contributed by atoms with Gasteiger partial charge in [-0.05, 0) is 44.0 Å². The van der Waals surface area contributed by atoms with E-state index in [9.17, 15) is 8.42 Å². The lowest BCUT2D eigenvalue weighted by molar-refractivity contribution is 0.265. The Morgan fingerprint density at radius 1 is 1.11 bits per heavy atom. The maximum absolute atomic E-state index is 13.0. The fourth-order valence-electron chi connectivity index (χ4n) is 3.34. The van der Waals surface area contributed by atoms with Crippen LogP contribution >= 0.6 is 15.9 Å². The van der Waals surface area contributed by atoms with E-state index in [-0.39, 0.29) is 5.92 Å². The highest BCUT2D eigenvalue weighted by atomic mass is 79.9. The third kappa shape index (κ3) is 3.90. The average Bonchev–Trinajstić information content (AvgIpc) is 3.19. The normalized spacial score (nSPS) is 18.3. The first-order valence-corrected chi connectivity index (χ1v) is 11.3. The Hall–Kier alpha value is -2.03. The molecule has 2 heterocycles. The molecule has 1 atom stereocenters. The molecule has 2 aromatic carbocycles. The molecule has 0 radical (unpaired) electrons. The van der Waals surface area contributed by atoms with E-state index in [1.807, 2.05) is 31.2 Å². The molecule has 1 fully saturated rings. The Morgan fingerprint density at radius 3 is 2.54 bits per heavy atom. The van der Waals surface area contributed by atoms with Gasteiger partial charge in [-0.1, -0.05) is 50.9 Å². The summed E-state index contributed by atoms with van der Waals surface area (Å²) < 4.78 is 33.8. The van der Waals surface area contributed by atoms with Crippen molar-refractivity contribution in [1.29, 1.82) is 0 Å². The van der Waals surface area contributed by atoms with E-state index in [0.29, 0.717) is 29.7 Å². The second-order valence-electron chi connectivity index (χ2n) is 6.98. The summed E-state index contributed by atoms with van der Waals surface area (Å²) in [5.74, 6) is 0.917. The van der Waals surface area contributed by atoms with Gasteiger partial charge < -0.3 is 4.52 Å². The van der Waals surface area contributed by atoms with Gasteiger partial charge in [-0.25, -0.2) is 8.42 Å². The topological polar surface area (TPSA) is 76.3 Å². The average molecular weight is 462 g/mol. The number of nitrogens with zero attached hydrogens (tertiary/aromatic N) is 3. The number of halogens is 1. The Kier molecular flexibility index (Phi) is 5.35. The van der Waals surface area contributed by atoms with Crippen LogP contribution in [0, 0.1) is 6.92 Å². The smallest absolute Gasteiger partial charge is 0.243 e. The number of sulfonamides is 1. The van der Waals surface area contributed by atoms with Gasteiger partial charge in [-0.3, -0.25) is 0 Å². The molecule has 28 heavy (non-hydrogen) atoms. The monoisotopic (exact) mass is 461 g/mol. The van der Waals surface area contributed by atoms with E-state index in [1.54, 1.807) is 24.3 Å². The van der Waals surface area contributed by atoms with Crippen molar-refractivity contribution in [3.63, 3.8) is 0 Å². The minimum Gasteiger partial charge on any atom is -0.339 e. The number of rotatable bonds is 4. The van der Waals surface area contributed by atoms with Crippen molar-refractivity contribution in [2.75, 3.05) is 13.1 Å². The minimum absolute atomic E-state index is 0.106. The van der Waals surface area contributed by atoms with E-state index in [2.05, 4.69) is 26.1 Å². The standard InChI is InChI=1S/C20H20BrN3O3S/c1-14-4-6-15(7-5-14)19-22-20(27-23-19)16-3-2-12-24(13-16)28(25,26)18-10-8-17(21)9-11-18/h4-11,16H,2-3,12-13H2,1H3. The van der Waals surface area contributed by atoms with Crippen LogP contribution in [0.5, 0.6) is 0 Å². The summed E-state index contributed by atoms with van der Waals surface area (Å²) in [5, 5.41) is 4.09. The van der Waals surface area contributed by atoms with Crippen LogP contribution in [0.4, 0.5) is 0 Å². The fourth-order valence-corrected chi connectivity index (χ4v) is 5.13. The molecule has 1 aliphatic rings. The Bertz CT molecular complexity index is 1060. The van der Waals surface area contributed by atoms with Crippen LogP contribution < -0.4 is 0 Å². The molecular formula is C20H20BrN3O3S. The minimum atomic E-state index is -3.55. The van der Waals surface area contributed by atoms with E-state index in [4.69, 9.17) is 4.52 Å². The molecule has 0 N–H and O–H groups in total. The predicted molar refractivity (Wildman–Crippen MR) is 109 cm³/mol. The molecule has 0 bridgehead atoms. The zero-order valence-electron chi connectivity index (χ0n) is 15.4.